The molecule has 2 N–H and O–H groups in total. The lowest BCUT2D eigenvalue weighted by Crippen LogP contribution is -2.73. The van der Waals surface area contributed by atoms with Crippen molar-refractivity contribution in [2.24, 2.45) is 17.8 Å². The SMILES string of the molecule is CO[C@@H]1O[C@@H](O)[C@H]2C(C)N3[C@H]4C[C@@H]2[C@H]1[C@@H]3Cc1c4[nH]c2ccccc12. The van der Waals surface area contributed by atoms with Gasteiger partial charge in [0.15, 0.2) is 12.6 Å². The Morgan fingerprint density at radius 1 is 1.28 bits per heavy atom. The van der Waals surface area contributed by atoms with E-state index in [0.717, 1.165) is 12.8 Å². The molecule has 4 saturated heterocycles. The Kier molecular flexibility index (Phi) is 2.86. The molecule has 9 atom stereocenters. The van der Waals surface area contributed by atoms with Gasteiger partial charge in [0.05, 0.1) is 6.04 Å². The largest absolute Gasteiger partial charge is 0.368 e. The third-order valence-corrected chi connectivity index (χ3v) is 7.44. The fourth-order valence-electron chi connectivity index (χ4n) is 6.62. The van der Waals surface area contributed by atoms with Crippen molar-refractivity contribution >= 4 is 10.9 Å². The van der Waals surface area contributed by atoms with Crippen LogP contribution in [0.1, 0.15) is 30.6 Å². The van der Waals surface area contributed by atoms with Crippen molar-refractivity contribution in [2.75, 3.05) is 7.11 Å². The number of nitrogens with zero attached hydrogens (tertiary/aromatic N) is 1. The van der Waals surface area contributed by atoms with Crippen molar-refractivity contribution in [2.45, 2.75) is 50.5 Å². The minimum Gasteiger partial charge on any atom is -0.368 e. The zero-order valence-electron chi connectivity index (χ0n) is 14.6. The number of fused-ring (bicyclic) bond motifs is 3. The molecule has 0 amide bonds. The molecule has 0 radical (unpaired) electrons. The first-order valence-corrected chi connectivity index (χ1v) is 9.42. The predicted molar refractivity (Wildman–Crippen MR) is 92.8 cm³/mol. The monoisotopic (exact) mass is 340 g/mol. The number of aliphatic hydroxyl groups is 1. The Morgan fingerprint density at radius 3 is 2.96 bits per heavy atom. The van der Waals surface area contributed by atoms with Gasteiger partial charge in [-0.2, -0.15) is 0 Å². The van der Waals surface area contributed by atoms with Crippen molar-refractivity contribution in [3.8, 4) is 0 Å². The molecule has 0 spiro atoms. The first-order chi connectivity index (χ1) is 12.2. The van der Waals surface area contributed by atoms with E-state index < -0.39 is 6.29 Å². The summed E-state index contributed by atoms with van der Waals surface area (Å²) in [6.07, 6.45) is 1.10. The highest BCUT2D eigenvalue weighted by molar-refractivity contribution is 5.85. The number of ether oxygens (including phenoxy) is 2. The molecule has 5 heteroatoms. The molecule has 0 aliphatic carbocycles. The van der Waals surface area contributed by atoms with Gasteiger partial charge in [-0.3, -0.25) is 4.90 Å². The summed E-state index contributed by atoms with van der Waals surface area (Å²) in [6, 6.07) is 9.83. The Bertz CT molecular complexity index is 849. The van der Waals surface area contributed by atoms with Crippen LogP contribution in [0, 0.1) is 17.8 Å². The maximum Gasteiger partial charge on any atom is 0.164 e. The maximum atomic E-state index is 10.6. The van der Waals surface area contributed by atoms with Crippen LogP contribution in [-0.2, 0) is 15.9 Å². The molecule has 4 fully saturated rings. The summed E-state index contributed by atoms with van der Waals surface area (Å²) in [6.45, 7) is 2.26. The Morgan fingerprint density at radius 2 is 2.12 bits per heavy atom. The van der Waals surface area contributed by atoms with E-state index in [1.807, 2.05) is 0 Å². The highest BCUT2D eigenvalue weighted by Crippen LogP contribution is 2.60. The van der Waals surface area contributed by atoms with E-state index in [-0.39, 0.29) is 12.2 Å². The zero-order valence-corrected chi connectivity index (χ0v) is 14.6. The zero-order chi connectivity index (χ0) is 16.9. The number of para-hydroxylation sites is 1. The minimum absolute atomic E-state index is 0.190. The topological polar surface area (TPSA) is 57.7 Å². The summed E-state index contributed by atoms with van der Waals surface area (Å²) in [5, 5.41) is 11.9. The lowest BCUT2D eigenvalue weighted by Gasteiger charge is -2.66. The molecule has 5 nitrogen and oxygen atoms in total. The molecular weight excluding hydrogens is 316 g/mol. The Labute approximate surface area is 146 Å². The summed E-state index contributed by atoms with van der Waals surface area (Å²) in [4.78, 5) is 6.37. The van der Waals surface area contributed by atoms with Crippen LogP contribution in [-0.4, -0.2) is 46.8 Å². The molecule has 1 aromatic carbocycles. The van der Waals surface area contributed by atoms with Crippen molar-refractivity contribution in [1.29, 1.82) is 0 Å². The molecule has 6 heterocycles. The van der Waals surface area contributed by atoms with Crippen LogP contribution in [0.5, 0.6) is 0 Å². The van der Waals surface area contributed by atoms with Crippen LogP contribution in [0.15, 0.2) is 24.3 Å². The van der Waals surface area contributed by atoms with Crippen molar-refractivity contribution in [1.82, 2.24) is 9.88 Å². The normalized spacial score (nSPS) is 47.1. The number of hydrogen-bond acceptors (Lipinski definition) is 4. The molecule has 6 bridgehead atoms. The van der Waals surface area contributed by atoms with Gasteiger partial charge in [0.25, 0.3) is 0 Å². The van der Waals surface area contributed by atoms with Gasteiger partial charge >= 0.3 is 0 Å². The second kappa shape index (κ2) is 4.86. The highest BCUT2D eigenvalue weighted by atomic mass is 16.7. The van der Waals surface area contributed by atoms with Crippen LogP contribution >= 0.6 is 0 Å². The van der Waals surface area contributed by atoms with Crippen LogP contribution in [0.4, 0.5) is 0 Å². The number of methoxy groups -OCH3 is 1. The number of piperidine rings is 3. The van der Waals surface area contributed by atoms with E-state index in [4.69, 9.17) is 9.47 Å². The molecule has 7 rings (SSSR count). The molecule has 1 aromatic heterocycles. The van der Waals surface area contributed by atoms with Gasteiger partial charge in [0.2, 0.25) is 0 Å². The van der Waals surface area contributed by atoms with E-state index in [0.29, 0.717) is 30.0 Å². The molecule has 132 valence electrons. The quantitative estimate of drug-likeness (QED) is 0.837. The van der Waals surface area contributed by atoms with Gasteiger partial charge < -0.3 is 19.6 Å². The molecule has 2 unspecified atom stereocenters. The number of benzene rings is 1. The average Bonchev–Trinajstić information content (AvgIpc) is 2.99. The summed E-state index contributed by atoms with van der Waals surface area (Å²) in [7, 11) is 1.70. The maximum absolute atomic E-state index is 10.6. The predicted octanol–water partition coefficient (Wildman–Crippen LogP) is 2.41. The minimum atomic E-state index is -0.716. The van der Waals surface area contributed by atoms with Crippen LogP contribution in [0.25, 0.3) is 10.9 Å². The highest BCUT2D eigenvalue weighted by Gasteiger charge is 2.64. The smallest absolute Gasteiger partial charge is 0.164 e. The van der Waals surface area contributed by atoms with Crippen LogP contribution in [0.2, 0.25) is 0 Å². The third-order valence-electron chi connectivity index (χ3n) is 7.44. The number of aromatic amines is 1. The fourth-order valence-corrected chi connectivity index (χ4v) is 6.62. The average molecular weight is 340 g/mol. The Hall–Kier alpha value is -1.40. The number of aliphatic hydroxyl groups excluding tert-OH is 1. The second-order valence-corrected chi connectivity index (χ2v) is 8.22. The summed E-state index contributed by atoms with van der Waals surface area (Å²) in [5.41, 5.74) is 4.12. The fraction of sp³-hybridized carbons (Fsp3) is 0.600. The van der Waals surface area contributed by atoms with Gasteiger partial charge in [-0.25, -0.2) is 0 Å². The number of rotatable bonds is 1. The first-order valence-electron chi connectivity index (χ1n) is 9.42. The van der Waals surface area contributed by atoms with Gasteiger partial charge in [0, 0.05) is 47.6 Å². The van der Waals surface area contributed by atoms with Crippen molar-refractivity contribution in [3.63, 3.8) is 0 Å². The van der Waals surface area contributed by atoms with E-state index in [9.17, 15) is 5.11 Å². The molecule has 5 aliphatic heterocycles. The van der Waals surface area contributed by atoms with E-state index in [1.165, 1.54) is 22.2 Å². The third kappa shape index (κ3) is 1.68. The van der Waals surface area contributed by atoms with E-state index >= 15 is 0 Å². The molecule has 2 aromatic rings. The Balaban J connectivity index is 1.53. The summed E-state index contributed by atoms with van der Waals surface area (Å²) < 4.78 is 11.5. The first kappa shape index (κ1) is 14.7. The van der Waals surface area contributed by atoms with Gasteiger partial charge in [-0.05, 0) is 37.3 Å². The summed E-state index contributed by atoms with van der Waals surface area (Å²) >= 11 is 0. The van der Waals surface area contributed by atoms with Gasteiger partial charge in [-0.1, -0.05) is 18.2 Å². The lowest BCUT2D eigenvalue weighted by atomic mass is 9.58. The standard InChI is InChI=1S/C20H24N2O3/c1-9-16-12-8-15-18-11(10-5-3-4-6-13(10)21-18)7-14(22(9)15)17(12)20(24-2)25-19(16)23/h3-6,9,12,14-17,19-21,23H,7-8H2,1-2H3/t9?,12-,14-,15-,16-,17-,19+,20+/m0/s1. The van der Waals surface area contributed by atoms with Crippen LogP contribution in [0.3, 0.4) is 0 Å². The van der Waals surface area contributed by atoms with Gasteiger partial charge in [0.1, 0.15) is 0 Å². The molecule has 0 saturated carbocycles. The van der Waals surface area contributed by atoms with E-state index in [2.05, 4.69) is 41.1 Å². The number of hydrogen-bond donors (Lipinski definition) is 2. The van der Waals surface area contributed by atoms with Crippen LogP contribution < -0.4 is 0 Å². The van der Waals surface area contributed by atoms with Gasteiger partial charge in [-0.15, -0.1) is 0 Å². The molecular formula is C20H24N2O3. The lowest BCUT2D eigenvalue weighted by molar-refractivity contribution is -0.355. The number of aromatic nitrogens is 1. The number of H-pyrrole nitrogens is 1. The van der Waals surface area contributed by atoms with E-state index in [1.54, 1.807) is 7.11 Å². The molecule has 5 aliphatic rings. The second-order valence-electron chi connectivity index (χ2n) is 8.22. The van der Waals surface area contributed by atoms with Crippen molar-refractivity contribution < 1.29 is 14.6 Å². The molecule has 25 heavy (non-hydrogen) atoms. The summed E-state index contributed by atoms with van der Waals surface area (Å²) in [5.74, 6) is 0.991. The van der Waals surface area contributed by atoms with Crippen molar-refractivity contribution in [3.05, 3.63) is 35.5 Å². The number of nitrogens with one attached hydrogen (secondary N) is 1.